The van der Waals surface area contributed by atoms with E-state index in [1.165, 1.54) is 18.2 Å². The van der Waals surface area contributed by atoms with Crippen LogP contribution in [0.15, 0.2) is 54.6 Å². The summed E-state index contributed by atoms with van der Waals surface area (Å²) in [5, 5.41) is 19.3. The fourth-order valence-electron chi connectivity index (χ4n) is 5.81. The number of nitrogens with zero attached hydrogens (tertiary/aromatic N) is 2. The van der Waals surface area contributed by atoms with Crippen molar-refractivity contribution in [3.63, 3.8) is 0 Å². The van der Waals surface area contributed by atoms with Gasteiger partial charge in [0.25, 0.3) is 5.91 Å². The van der Waals surface area contributed by atoms with Gasteiger partial charge in [-0.05, 0) is 85.7 Å². The van der Waals surface area contributed by atoms with Crippen molar-refractivity contribution in [2.75, 3.05) is 0 Å². The second kappa shape index (κ2) is 9.37. The van der Waals surface area contributed by atoms with Gasteiger partial charge in [-0.3, -0.25) is 4.79 Å². The number of hydrogen-bond donors (Lipinski definition) is 2. The first-order valence-electron chi connectivity index (χ1n) is 12.5. The monoisotopic (exact) mass is 501 g/mol. The van der Waals surface area contributed by atoms with Gasteiger partial charge in [-0.25, -0.2) is 8.78 Å². The smallest absolute Gasteiger partial charge is 0.254 e. The molecule has 2 bridgehead atoms. The molecule has 2 aliphatic heterocycles. The van der Waals surface area contributed by atoms with E-state index in [9.17, 15) is 14.3 Å². The Balaban J connectivity index is 1.60. The van der Waals surface area contributed by atoms with Crippen LogP contribution < -0.4 is 5.73 Å². The summed E-state index contributed by atoms with van der Waals surface area (Å²) in [6.45, 7) is 3.32. The summed E-state index contributed by atoms with van der Waals surface area (Å²) in [6, 6.07) is 15.9. The first-order chi connectivity index (χ1) is 17.6. The van der Waals surface area contributed by atoms with Crippen LogP contribution >= 0.6 is 0 Å². The minimum absolute atomic E-state index is 0.00810. The molecule has 5 rings (SSSR count). The van der Waals surface area contributed by atoms with E-state index in [1.807, 2.05) is 11.0 Å². The van der Waals surface area contributed by atoms with E-state index in [1.54, 1.807) is 50.2 Å². The fraction of sp³-hybridized carbons (Fsp3) is 0.333. The largest absolute Gasteiger partial charge is 0.390 e. The number of amides is 1. The van der Waals surface area contributed by atoms with Gasteiger partial charge in [0, 0.05) is 35.7 Å². The van der Waals surface area contributed by atoms with Crippen LogP contribution in [0.5, 0.6) is 0 Å². The molecule has 2 aliphatic rings. The van der Waals surface area contributed by atoms with Gasteiger partial charge in [0.2, 0.25) is 0 Å². The summed E-state index contributed by atoms with van der Waals surface area (Å²) in [6.07, 6.45) is 2.87. The van der Waals surface area contributed by atoms with E-state index in [-0.39, 0.29) is 36.0 Å². The van der Waals surface area contributed by atoms with Gasteiger partial charge in [0.05, 0.1) is 11.2 Å². The summed E-state index contributed by atoms with van der Waals surface area (Å²) >= 11 is 0. The average molecular weight is 502 g/mol. The zero-order valence-corrected chi connectivity index (χ0v) is 20.8. The molecule has 3 atom stereocenters. The molecule has 37 heavy (non-hydrogen) atoms. The number of benzene rings is 3. The summed E-state index contributed by atoms with van der Waals surface area (Å²) in [4.78, 5) is 15.4. The van der Waals surface area contributed by atoms with E-state index >= 15 is 4.39 Å². The molecular formula is C30H29F2N3O2. The Bertz CT molecular complexity index is 1420. The van der Waals surface area contributed by atoms with Gasteiger partial charge in [0.15, 0.2) is 0 Å². The van der Waals surface area contributed by atoms with Crippen LogP contribution in [0, 0.1) is 23.0 Å². The third-order valence-corrected chi connectivity index (χ3v) is 7.45. The van der Waals surface area contributed by atoms with Gasteiger partial charge in [-0.15, -0.1) is 0 Å². The minimum Gasteiger partial charge on any atom is -0.390 e. The number of halogens is 2. The molecule has 2 saturated heterocycles. The molecule has 1 amide bonds. The van der Waals surface area contributed by atoms with Crippen LogP contribution in [0.2, 0.25) is 0 Å². The lowest BCUT2D eigenvalue weighted by Gasteiger charge is -2.24. The maximum Gasteiger partial charge on any atom is 0.254 e. The Morgan fingerprint density at radius 2 is 1.81 bits per heavy atom. The molecule has 0 aromatic heterocycles. The number of nitriles is 1. The van der Waals surface area contributed by atoms with Crippen molar-refractivity contribution in [2.45, 2.75) is 63.3 Å². The van der Waals surface area contributed by atoms with Crippen molar-refractivity contribution in [2.24, 2.45) is 5.73 Å². The zero-order valence-electron chi connectivity index (χ0n) is 20.8. The zero-order chi connectivity index (χ0) is 26.5. The first kappa shape index (κ1) is 25.1. The molecule has 0 saturated carbocycles. The van der Waals surface area contributed by atoms with Crippen LogP contribution in [0.4, 0.5) is 8.78 Å². The van der Waals surface area contributed by atoms with Crippen LogP contribution in [-0.2, 0) is 6.42 Å². The molecule has 190 valence electrons. The van der Waals surface area contributed by atoms with Gasteiger partial charge in [-0.1, -0.05) is 24.3 Å². The molecule has 3 aromatic rings. The quantitative estimate of drug-likeness (QED) is 0.504. The molecular weight excluding hydrogens is 472 g/mol. The Morgan fingerprint density at radius 3 is 2.41 bits per heavy atom. The second-order valence-corrected chi connectivity index (χ2v) is 10.8. The third kappa shape index (κ3) is 4.75. The Hall–Kier alpha value is -3.60. The highest BCUT2D eigenvalue weighted by Gasteiger charge is 2.47. The molecule has 0 unspecified atom stereocenters. The Kier molecular flexibility index (Phi) is 6.35. The number of carbonyl (C=O) groups is 1. The van der Waals surface area contributed by atoms with Gasteiger partial charge in [-0.2, -0.15) is 5.26 Å². The molecule has 2 heterocycles. The van der Waals surface area contributed by atoms with Crippen LogP contribution in [0.1, 0.15) is 54.6 Å². The number of aliphatic hydroxyl groups is 1. The Labute approximate surface area is 215 Å². The predicted molar refractivity (Wildman–Crippen MR) is 138 cm³/mol. The first-order valence-corrected chi connectivity index (χ1v) is 12.5. The standard InChI is InChI=1S/C30H29F2N3O2/c1-30(2,37)15-17-3-8-23(26(32)11-17)22-9-6-19(29(36)35-21-7-10-28(35)27(34)14-21)12-24(22)18-4-5-20(16-33)25(31)13-18/h3-6,8-9,11-13,21,27-28,37H,7,10,14-15,34H2,1-2H3/t21-,27-,28+/m0/s1. The average Bonchev–Trinajstić information content (AvgIpc) is 3.39. The lowest BCUT2D eigenvalue weighted by Crippen LogP contribution is -2.40. The molecule has 5 nitrogen and oxygen atoms in total. The van der Waals surface area contributed by atoms with Crippen molar-refractivity contribution < 1.29 is 18.7 Å². The van der Waals surface area contributed by atoms with Crippen molar-refractivity contribution in [3.8, 4) is 28.3 Å². The lowest BCUT2D eigenvalue weighted by molar-refractivity contribution is 0.0726. The molecule has 0 spiro atoms. The van der Waals surface area contributed by atoms with Crippen LogP contribution in [-0.4, -0.2) is 39.6 Å². The van der Waals surface area contributed by atoms with Crippen molar-refractivity contribution >= 4 is 5.91 Å². The maximum atomic E-state index is 15.4. The number of nitrogens with two attached hydrogens (primary N) is 1. The molecule has 3 N–H and O–H groups in total. The predicted octanol–water partition coefficient (Wildman–Crippen LogP) is 5.19. The van der Waals surface area contributed by atoms with E-state index in [0.29, 0.717) is 33.4 Å². The van der Waals surface area contributed by atoms with E-state index < -0.39 is 17.2 Å². The van der Waals surface area contributed by atoms with Gasteiger partial charge in [0.1, 0.15) is 17.7 Å². The normalized spacial score (nSPS) is 20.8. The van der Waals surface area contributed by atoms with Crippen LogP contribution in [0.25, 0.3) is 22.3 Å². The maximum absolute atomic E-state index is 15.4. The third-order valence-electron chi connectivity index (χ3n) is 7.45. The van der Waals surface area contributed by atoms with Crippen molar-refractivity contribution in [3.05, 3.63) is 82.9 Å². The fourth-order valence-corrected chi connectivity index (χ4v) is 5.81. The highest BCUT2D eigenvalue weighted by molar-refractivity contribution is 5.98. The SMILES string of the molecule is CC(C)(O)Cc1ccc(-c2ccc(C(=O)N3[C@H]4CC[C@@H]3[C@@H](N)C4)cc2-c2ccc(C#N)c(F)c2)c(F)c1. The lowest BCUT2D eigenvalue weighted by atomic mass is 9.90. The molecule has 7 heteroatoms. The highest BCUT2D eigenvalue weighted by atomic mass is 19.1. The minimum atomic E-state index is -0.987. The molecule has 2 fully saturated rings. The number of carbonyl (C=O) groups excluding carboxylic acids is 1. The Morgan fingerprint density at radius 1 is 1.05 bits per heavy atom. The van der Waals surface area contributed by atoms with E-state index in [0.717, 1.165) is 19.3 Å². The summed E-state index contributed by atoms with van der Waals surface area (Å²) in [5.41, 5.74) is 7.93. The molecule has 0 radical (unpaired) electrons. The van der Waals surface area contributed by atoms with Crippen LogP contribution in [0.3, 0.4) is 0 Å². The van der Waals surface area contributed by atoms with E-state index in [4.69, 9.17) is 11.0 Å². The van der Waals surface area contributed by atoms with Gasteiger partial charge < -0.3 is 15.7 Å². The second-order valence-electron chi connectivity index (χ2n) is 10.8. The highest BCUT2D eigenvalue weighted by Crippen LogP contribution is 2.40. The summed E-state index contributed by atoms with van der Waals surface area (Å²) in [7, 11) is 0. The molecule has 0 aliphatic carbocycles. The molecule has 3 aromatic carbocycles. The number of fused-ring (bicyclic) bond motifs is 2. The topological polar surface area (TPSA) is 90.3 Å². The van der Waals surface area contributed by atoms with Crippen molar-refractivity contribution in [1.82, 2.24) is 4.90 Å². The van der Waals surface area contributed by atoms with Gasteiger partial charge >= 0.3 is 0 Å². The van der Waals surface area contributed by atoms with E-state index in [2.05, 4.69) is 0 Å². The summed E-state index contributed by atoms with van der Waals surface area (Å²) < 4.78 is 30.0. The number of hydrogen-bond acceptors (Lipinski definition) is 4. The summed E-state index contributed by atoms with van der Waals surface area (Å²) in [5.74, 6) is -1.31. The number of rotatable bonds is 5. The van der Waals surface area contributed by atoms with Crippen molar-refractivity contribution in [1.29, 1.82) is 5.26 Å².